The zero-order valence-corrected chi connectivity index (χ0v) is 35.9. The summed E-state index contributed by atoms with van der Waals surface area (Å²) >= 11 is 1.45. The van der Waals surface area contributed by atoms with Crippen LogP contribution in [0.3, 0.4) is 0 Å². The fraction of sp³-hybridized carbons (Fsp3) is 0.465. The van der Waals surface area contributed by atoms with Gasteiger partial charge in [0.1, 0.15) is 35.8 Å². The molecule has 1 aliphatic heterocycles. The van der Waals surface area contributed by atoms with Crippen molar-refractivity contribution >= 4 is 74.8 Å². The maximum atomic E-state index is 14.2. The molecule has 1 saturated heterocycles. The van der Waals surface area contributed by atoms with E-state index in [2.05, 4.69) is 36.9 Å². The van der Waals surface area contributed by atoms with Gasteiger partial charge in [-0.15, -0.1) is 0 Å². The van der Waals surface area contributed by atoms with Crippen molar-refractivity contribution in [3.8, 4) is 0 Å². The van der Waals surface area contributed by atoms with E-state index in [0.717, 1.165) is 16.6 Å². The highest BCUT2D eigenvalue weighted by Crippen LogP contribution is 2.23. The zero-order chi connectivity index (χ0) is 44.2. The van der Waals surface area contributed by atoms with Gasteiger partial charge in [0.05, 0.1) is 13.0 Å². The summed E-state index contributed by atoms with van der Waals surface area (Å²) in [5.41, 5.74) is 2.66. The Morgan fingerprint density at radius 2 is 1.44 bits per heavy atom. The van der Waals surface area contributed by atoms with Crippen LogP contribution in [-0.2, 0) is 41.6 Å². The SMILES string of the molecule is CSCC[C@@H]1NC(=O)[C@H](C(C)C)NC(=O)[C@H](CCCCNC(=O)Cc2cc(=O)oc3cc(N(C)C)ccc23)NC(=O)[C@H](Cc2c[nH]c3ccccc23)NC(=O)[C@H](CO)NC1=O. The van der Waals surface area contributed by atoms with E-state index in [1.165, 1.54) is 17.8 Å². The molecule has 3 heterocycles. The molecule has 2 aromatic carbocycles. The Morgan fingerprint density at radius 3 is 2.16 bits per heavy atom. The van der Waals surface area contributed by atoms with E-state index in [1.807, 2.05) is 55.6 Å². The molecule has 0 saturated carbocycles. The number of anilines is 1. The number of aromatic nitrogens is 1. The number of hydrogen-bond donors (Lipinski definition) is 8. The average molecular weight is 861 g/mol. The van der Waals surface area contributed by atoms with Crippen molar-refractivity contribution in [2.24, 2.45) is 5.92 Å². The first-order chi connectivity index (χ1) is 29.2. The first kappa shape index (κ1) is 46.2. The molecule has 6 amide bonds. The average Bonchev–Trinajstić information content (AvgIpc) is 3.63. The summed E-state index contributed by atoms with van der Waals surface area (Å²) in [6.07, 6.45) is 4.55. The van der Waals surface area contributed by atoms with Crippen LogP contribution in [0.25, 0.3) is 21.9 Å². The van der Waals surface area contributed by atoms with Crippen LogP contribution in [0.2, 0.25) is 0 Å². The molecule has 0 radical (unpaired) electrons. The summed E-state index contributed by atoms with van der Waals surface area (Å²) in [5.74, 6) is -3.79. The Morgan fingerprint density at radius 1 is 0.787 bits per heavy atom. The van der Waals surface area contributed by atoms with Crippen LogP contribution in [0, 0.1) is 5.92 Å². The maximum absolute atomic E-state index is 14.2. The van der Waals surface area contributed by atoms with Crippen molar-refractivity contribution in [3.05, 3.63) is 76.3 Å². The van der Waals surface area contributed by atoms with Crippen LogP contribution in [0.15, 0.2) is 63.9 Å². The van der Waals surface area contributed by atoms with Gasteiger partial charge in [-0.25, -0.2) is 4.79 Å². The molecule has 17 nitrogen and oxygen atoms in total. The number of amides is 6. The minimum atomic E-state index is -1.45. The number of para-hydroxylation sites is 1. The molecule has 5 rings (SSSR count). The number of aliphatic hydroxyl groups is 1. The molecular formula is C43H56N8O9S. The molecule has 328 valence electrons. The van der Waals surface area contributed by atoms with Crippen LogP contribution >= 0.6 is 11.8 Å². The fourth-order valence-electron chi connectivity index (χ4n) is 7.14. The molecular weight excluding hydrogens is 805 g/mol. The Hall–Kier alpha value is -5.88. The molecule has 0 unspecified atom stereocenters. The third-order valence-electron chi connectivity index (χ3n) is 10.6. The topological polar surface area (TPSA) is 244 Å². The number of nitrogens with one attached hydrogen (secondary N) is 7. The molecule has 5 atom stereocenters. The number of rotatable bonds is 15. The Labute approximate surface area is 357 Å². The molecule has 61 heavy (non-hydrogen) atoms. The van der Waals surface area contributed by atoms with Gasteiger partial charge < -0.3 is 51.3 Å². The lowest BCUT2D eigenvalue weighted by Crippen LogP contribution is -2.59. The van der Waals surface area contributed by atoms with Crippen molar-refractivity contribution in [2.45, 2.75) is 82.6 Å². The molecule has 1 fully saturated rings. The largest absolute Gasteiger partial charge is 0.423 e. The normalized spacial score (nSPS) is 20.6. The van der Waals surface area contributed by atoms with Crippen LogP contribution < -0.4 is 42.4 Å². The molecule has 0 bridgehead atoms. The molecule has 18 heteroatoms. The third-order valence-corrected chi connectivity index (χ3v) is 11.2. The summed E-state index contributed by atoms with van der Waals surface area (Å²) in [4.78, 5) is 99.6. The highest BCUT2D eigenvalue weighted by Gasteiger charge is 2.35. The van der Waals surface area contributed by atoms with Gasteiger partial charge in [-0.2, -0.15) is 11.8 Å². The number of hydrogen-bond acceptors (Lipinski definition) is 11. The molecule has 1 aliphatic rings. The van der Waals surface area contributed by atoms with E-state index in [9.17, 15) is 38.7 Å². The third kappa shape index (κ3) is 12.3. The highest BCUT2D eigenvalue weighted by atomic mass is 32.2. The van der Waals surface area contributed by atoms with Crippen LogP contribution in [0.1, 0.15) is 50.7 Å². The van der Waals surface area contributed by atoms with Crippen molar-refractivity contribution < 1.29 is 38.3 Å². The van der Waals surface area contributed by atoms with Crippen molar-refractivity contribution in [1.82, 2.24) is 36.9 Å². The van der Waals surface area contributed by atoms with E-state index in [0.29, 0.717) is 40.7 Å². The molecule has 8 N–H and O–H groups in total. The zero-order valence-electron chi connectivity index (χ0n) is 35.1. The molecule has 2 aromatic heterocycles. The van der Waals surface area contributed by atoms with Crippen molar-refractivity contribution in [2.75, 3.05) is 44.2 Å². The summed E-state index contributed by atoms with van der Waals surface area (Å²) in [7, 11) is 3.73. The lowest BCUT2D eigenvalue weighted by Gasteiger charge is -2.27. The predicted molar refractivity (Wildman–Crippen MR) is 234 cm³/mol. The summed E-state index contributed by atoms with van der Waals surface area (Å²) in [6.45, 7) is 2.91. The highest BCUT2D eigenvalue weighted by molar-refractivity contribution is 7.98. The summed E-state index contributed by atoms with van der Waals surface area (Å²) in [5, 5.41) is 28.1. The number of benzene rings is 2. The second kappa shape index (κ2) is 21.6. The van der Waals surface area contributed by atoms with Crippen LogP contribution in [-0.4, -0.2) is 115 Å². The minimum absolute atomic E-state index is 0.00545. The van der Waals surface area contributed by atoms with Gasteiger partial charge >= 0.3 is 5.63 Å². The second-order valence-corrected chi connectivity index (χ2v) is 16.7. The van der Waals surface area contributed by atoms with Crippen LogP contribution in [0.4, 0.5) is 5.69 Å². The first-order valence-corrected chi connectivity index (χ1v) is 21.8. The second-order valence-electron chi connectivity index (χ2n) is 15.7. The maximum Gasteiger partial charge on any atom is 0.336 e. The Kier molecular flexibility index (Phi) is 16.3. The van der Waals surface area contributed by atoms with E-state index in [4.69, 9.17) is 4.42 Å². The number of carbonyl (C=O) groups is 6. The van der Waals surface area contributed by atoms with Crippen molar-refractivity contribution in [3.63, 3.8) is 0 Å². The van der Waals surface area contributed by atoms with Gasteiger partial charge in [0.2, 0.25) is 35.4 Å². The van der Waals surface area contributed by atoms with Crippen molar-refractivity contribution in [1.29, 1.82) is 0 Å². The lowest BCUT2D eigenvalue weighted by atomic mass is 10.0. The number of H-pyrrole nitrogens is 1. The number of unbranched alkanes of at least 4 members (excludes halogenated alkanes) is 1. The standard InChI is InChI=1S/C43H56N8O9S/c1-24(2)38-43(59)47-32(15-17-61-5)39(55)49-34(23-52)42(58)48-33(18-26-22-45-30-11-7-6-10-28(26)30)41(57)46-31(40(56)50-38)12-8-9-16-44-36(53)19-25-20-37(54)60-35-21-27(51(3)4)13-14-29(25)35/h6-7,10-11,13-14,20-22,24,31-34,38,45,52H,8-9,12,15-19,23H2,1-5H3,(H,44,53)(H,46,57)(H,47,59)(H,48,58)(H,49,55)(H,50,56)/t31-,32-,33-,34-,38-/m0/s1. The van der Waals surface area contributed by atoms with E-state index in [-0.39, 0.29) is 38.1 Å². The van der Waals surface area contributed by atoms with Gasteiger partial charge in [0, 0.05) is 67.4 Å². The van der Waals surface area contributed by atoms with Gasteiger partial charge in [0.25, 0.3) is 0 Å². The lowest BCUT2D eigenvalue weighted by molar-refractivity contribution is -0.135. The number of carbonyl (C=O) groups excluding carboxylic acids is 6. The van der Waals surface area contributed by atoms with E-state index >= 15 is 0 Å². The fourth-order valence-corrected chi connectivity index (χ4v) is 7.62. The number of aromatic amines is 1. The van der Waals surface area contributed by atoms with Gasteiger partial charge in [-0.05, 0) is 72.9 Å². The number of thioether (sulfide) groups is 1. The number of fused-ring (bicyclic) bond motifs is 2. The van der Waals surface area contributed by atoms with Crippen LogP contribution in [0.5, 0.6) is 0 Å². The summed E-state index contributed by atoms with van der Waals surface area (Å²) < 4.78 is 5.39. The van der Waals surface area contributed by atoms with Gasteiger partial charge in [0.15, 0.2) is 0 Å². The monoisotopic (exact) mass is 860 g/mol. The summed E-state index contributed by atoms with van der Waals surface area (Å²) in [6, 6.07) is 8.07. The predicted octanol–water partition coefficient (Wildman–Crippen LogP) is 1.25. The quantitative estimate of drug-likeness (QED) is 0.0625. The minimum Gasteiger partial charge on any atom is -0.423 e. The van der Waals surface area contributed by atoms with Gasteiger partial charge in [-0.3, -0.25) is 28.8 Å². The Balaban J connectivity index is 1.35. The molecule has 4 aromatic rings. The number of aliphatic hydroxyl groups excluding tert-OH is 1. The first-order valence-electron chi connectivity index (χ1n) is 20.4. The molecule has 0 aliphatic carbocycles. The van der Waals surface area contributed by atoms with Gasteiger partial charge in [-0.1, -0.05) is 32.0 Å². The Bertz CT molecular complexity index is 2270. The molecule has 0 spiro atoms. The smallest absolute Gasteiger partial charge is 0.336 e. The van der Waals surface area contributed by atoms with E-state index in [1.54, 1.807) is 32.2 Å². The van der Waals surface area contributed by atoms with E-state index < -0.39 is 77.9 Å². The number of nitrogens with zero attached hydrogens (tertiary/aromatic N) is 1.